The number of ether oxygens (including phenoxy) is 1. The van der Waals surface area contributed by atoms with Crippen LogP contribution < -0.4 is 5.32 Å². The maximum atomic E-state index is 12.7. The van der Waals surface area contributed by atoms with Crippen molar-refractivity contribution >= 4 is 5.91 Å². The lowest BCUT2D eigenvalue weighted by Crippen LogP contribution is -2.38. The van der Waals surface area contributed by atoms with Gasteiger partial charge >= 0.3 is 0 Å². The Morgan fingerprint density at radius 3 is 2.68 bits per heavy atom. The first-order chi connectivity index (χ1) is 13.7. The SMILES string of the molecule is COCCCNC(=O)c1cnc(C)nc1C1CCN(CC2CCCCC2)CC1. The molecule has 1 aromatic heterocycles. The van der Waals surface area contributed by atoms with Crippen molar-refractivity contribution in [2.24, 2.45) is 5.92 Å². The number of carbonyl (C=O) groups excluding carboxylic acids is 1. The van der Waals surface area contributed by atoms with Crippen molar-refractivity contribution in [3.8, 4) is 0 Å². The van der Waals surface area contributed by atoms with Crippen LogP contribution in [0.4, 0.5) is 0 Å². The molecule has 1 aromatic rings. The molecule has 0 bridgehead atoms. The van der Waals surface area contributed by atoms with Gasteiger partial charge in [-0.2, -0.15) is 0 Å². The van der Waals surface area contributed by atoms with Crippen LogP contribution in [0.15, 0.2) is 6.20 Å². The standard InChI is InChI=1S/C22H36N4O2/c1-17-24-15-20(22(27)23-11-6-14-28-2)21(25-17)19-9-12-26(13-10-19)16-18-7-4-3-5-8-18/h15,18-19H,3-14,16H2,1-2H3,(H,23,27). The van der Waals surface area contributed by atoms with E-state index in [1.807, 2.05) is 6.92 Å². The van der Waals surface area contributed by atoms with Crippen LogP contribution in [-0.2, 0) is 4.74 Å². The number of methoxy groups -OCH3 is 1. The Morgan fingerprint density at radius 1 is 1.21 bits per heavy atom. The van der Waals surface area contributed by atoms with E-state index >= 15 is 0 Å². The van der Waals surface area contributed by atoms with E-state index in [9.17, 15) is 4.79 Å². The number of aromatic nitrogens is 2. The molecule has 2 aliphatic rings. The van der Waals surface area contributed by atoms with Crippen LogP contribution in [0.5, 0.6) is 0 Å². The summed E-state index contributed by atoms with van der Waals surface area (Å²) in [6, 6.07) is 0. The van der Waals surface area contributed by atoms with Crippen LogP contribution in [-0.4, -0.2) is 60.7 Å². The molecule has 6 heteroatoms. The van der Waals surface area contributed by atoms with Gasteiger partial charge in [0.05, 0.1) is 11.3 Å². The molecule has 0 spiro atoms. The normalized spacial score (nSPS) is 19.6. The van der Waals surface area contributed by atoms with Crippen molar-refractivity contribution in [3.05, 3.63) is 23.3 Å². The van der Waals surface area contributed by atoms with Crippen LogP contribution in [0.3, 0.4) is 0 Å². The third-order valence-corrected chi connectivity index (χ3v) is 6.21. The monoisotopic (exact) mass is 388 g/mol. The van der Waals surface area contributed by atoms with Crippen molar-refractivity contribution < 1.29 is 9.53 Å². The number of hydrogen-bond donors (Lipinski definition) is 1. The van der Waals surface area contributed by atoms with Crippen LogP contribution in [0.25, 0.3) is 0 Å². The number of nitrogens with zero attached hydrogens (tertiary/aromatic N) is 3. The Hall–Kier alpha value is -1.53. The highest BCUT2D eigenvalue weighted by atomic mass is 16.5. The Balaban J connectivity index is 1.57. The average molecular weight is 389 g/mol. The molecule has 3 rings (SSSR count). The van der Waals surface area contributed by atoms with E-state index in [0.29, 0.717) is 24.6 Å². The first-order valence-electron chi connectivity index (χ1n) is 11.0. The van der Waals surface area contributed by atoms with Crippen molar-refractivity contribution in [2.45, 2.75) is 64.2 Å². The van der Waals surface area contributed by atoms with Gasteiger partial charge in [0.25, 0.3) is 5.91 Å². The van der Waals surface area contributed by atoms with Gasteiger partial charge in [-0.15, -0.1) is 0 Å². The number of aryl methyl sites for hydroxylation is 1. The van der Waals surface area contributed by atoms with Crippen molar-refractivity contribution in [3.63, 3.8) is 0 Å². The first kappa shape index (κ1) is 21.2. The van der Waals surface area contributed by atoms with E-state index in [4.69, 9.17) is 4.74 Å². The Bertz CT molecular complexity index is 623. The highest BCUT2D eigenvalue weighted by molar-refractivity contribution is 5.95. The van der Waals surface area contributed by atoms with Crippen molar-refractivity contribution in [2.75, 3.05) is 39.9 Å². The smallest absolute Gasteiger partial charge is 0.254 e. The molecule has 156 valence electrons. The molecule has 6 nitrogen and oxygen atoms in total. The number of likely N-dealkylation sites (tertiary alicyclic amines) is 1. The summed E-state index contributed by atoms with van der Waals surface area (Å²) < 4.78 is 5.05. The predicted molar refractivity (Wildman–Crippen MR) is 111 cm³/mol. The van der Waals surface area contributed by atoms with Gasteiger partial charge < -0.3 is 15.0 Å². The van der Waals surface area contributed by atoms with Gasteiger partial charge in [0.15, 0.2) is 0 Å². The Morgan fingerprint density at radius 2 is 1.96 bits per heavy atom. The minimum atomic E-state index is -0.0595. The molecule has 0 radical (unpaired) electrons. The van der Waals surface area contributed by atoms with Gasteiger partial charge in [-0.1, -0.05) is 19.3 Å². The third-order valence-electron chi connectivity index (χ3n) is 6.21. The maximum Gasteiger partial charge on any atom is 0.254 e. The molecular formula is C22H36N4O2. The predicted octanol–water partition coefficient (Wildman–Crippen LogP) is 3.31. The van der Waals surface area contributed by atoms with Crippen LogP contribution >= 0.6 is 0 Å². The Labute approximate surface area is 169 Å². The molecule has 1 saturated carbocycles. The second-order valence-corrected chi connectivity index (χ2v) is 8.40. The summed E-state index contributed by atoms with van der Waals surface area (Å²) in [5.74, 6) is 1.93. The van der Waals surface area contributed by atoms with Gasteiger partial charge in [0.2, 0.25) is 0 Å². The number of nitrogens with one attached hydrogen (secondary N) is 1. The summed E-state index contributed by atoms with van der Waals surface area (Å²) in [7, 11) is 1.67. The zero-order valence-corrected chi connectivity index (χ0v) is 17.6. The molecular weight excluding hydrogens is 352 g/mol. The molecule has 2 heterocycles. The number of piperidine rings is 1. The van der Waals surface area contributed by atoms with E-state index in [1.54, 1.807) is 13.3 Å². The van der Waals surface area contributed by atoms with Crippen LogP contribution in [0.2, 0.25) is 0 Å². The number of hydrogen-bond acceptors (Lipinski definition) is 5. The molecule has 1 saturated heterocycles. The quantitative estimate of drug-likeness (QED) is 0.692. The second kappa shape index (κ2) is 10.9. The molecule has 1 amide bonds. The molecule has 2 fully saturated rings. The fourth-order valence-electron chi connectivity index (χ4n) is 4.61. The van der Waals surface area contributed by atoms with Gasteiger partial charge in [0, 0.05) is 38.9 Å². The van der Waals surface area contributed by atoms with E-state index in [1.165, 1.54) is 38.6 Å². The van der Waals surface area contributed by atoms with Crippen LogP contribution in [0.1, 0.15) is 79.2 Å². The van der Waals surface area contributed by atoms with Gasteiger partial charge in [-0.25, -0.2) is 9.97 Å². The molecule has 1 N–H and O–H groups in total. The van der Waals surface area contributed by atoms with Crippen LogP contribution in [0, 0.1) is 12.8 Å². The summed E-state index contributed by atoms with van der Waals surface area (Å²) in [6.45, 7) is 6.64. The first-order valence-corrected chi connectivity index (χ1v) is 11.0. The summed E-state index contributed by atoms with van der Waals surface area (Å²) >= 11 is 0. The minimum absolute atomic E-state index is 0.0595. The number of amides is 1. The zero-order chi connectivity index (χ0) is 19.8. The molecule has 1 aliphatic carbocycles. The lowest BCUT2D eigenvalue weighted by molar-refractivity contribution is 0.0945. The fraction of sp³-hybridized carbons (Fsp3) is 0.773. The minimum Gasteiger partial charge on any atom is -0.385 e. The van der Waals surface area contributed by atoms with E-state index < -0.39 is 0 Å². The van der Waals surface area contributed by atoms with E-state index in [2.05, 4.69) is 20.2 Å². The van der Waals surface area contributed by atoms with E-state index in [0.717, 1.165) is 49.8 Å². The van der Waals surface area contributed by atoms with Crippen molar-refractivity contribution in [1.29, 1.82) is 0 Å². The van der Waals surface area contributed by atoms with Gasteiger partial charge in [-0.05, 0) is 58.0 Å². The average Bonchev–Trinajstić information content (AvgIpc) is 2.72. The van der Waals surface area contributed by atoms with Crippen molar-refractivity contribution in [1.82, 2.24) is 20.2 Å². The molecule has 0 atom stereocenters. The fourth-order valence-corrected chi connectivity index (χ4v) is 4.61. The highest BCUT2D eigenvalue weighted by Crippen LogP contribution is 2.31. The molecule has 28 heavy (non-hydrogen) atoms. The topological polar surface area (TPSA) is 67.3 Å². The number of rotatable bonds is 8. The molecule has 1 aliphatic heterocycles. The zero-order valence-electron chi connectivity index (χ0n) is 17.6. The lowest BCUT2D eigenvalue weighted by atomic mass is 9.87. The Kier molecular flexibility index (Phi) is 8.22. The third kappa shape index (κ3) is 5.98. The number of carbonyl (C=O) groups is 1. The molecule has 0 unspecified atom stereocenters. The largest absolute Gasteiger partial charge is 0.385 e. The highest BCUT2D eigenvalue weighted by Gasteiger charge is 2.27. The summed E-state index contributed by atoms with van der Waals surface area (Å²) in [5, 5.41) is 2.99. The summed E-state index contributed by atoms with van der Waals surface area (Å²) in [4.78, 5) is 24.3. The van der Waals surface area contributed by atoms with Gasteiger partial charge in [-0.3, -0.25) is 4.79 Å². The lowest BCUT2D eigenvalue weighted by Gasteiger charge is -2.35. The summed E-state index contributed by atoms with van der Waals surface area (Å²) in [5.41, 5.74) is 1.59. The van der Waals surface area contributed by atoms with E-state index in [-0.39, 0.29) is 5.91 Å². The second-order valence-electron chi connectivity index (χ2n) is 8.40. The summed E-state index contributed by atoms with van der Waals surface area (Å²) in [6.07, 6.45) is 11.7. The molecule has 0 aromatic carbocycles. The maximum absolute atomic E-state index is 12.7. The van der Waals surface area contributed by atoms with Gasteiger partial charge in [0.1, 0.15) is 5.82 Å².